The van der Waals surface area contributed by atoms with Crippen LogP contribution >= 0.6 is 0 Å². The van der Waals surface area contributed by atoms with Crippen molar-refractivity contribution in [1.29, 1.82) is 0 Å². The van der Waals surface area contributed by atoms with Crippen molar-refractivity contribution in [3.05, 3.63) is 0 Å². The van der Waals surface area contributed by atoms with Crippen LogP contribution in [0.25, 0.3) is 0 Å². The van der Waals surface area contributed by atoms with Crippen LogP contribution in [0, 0.1) is 11.8 Å². The number of unbranched alkanes of at least 4 members (excludes halogenated alkanes) is 12. The molecule has 3 unspecified atom stereocenters. The molecule has 0 spiro atoms. The molecule has 1 N–H and O–H groups in total. The van der Waals surface area contributed by atoms with E-state index in [4.69, 9.17) is 4.74 Å². The first kappa shape index (κ1) is 28.0. The predicted octanol–water partition coefficient (Wildman–Crippen LogP) is 8.07. The van der Waals surface area contributed by atoms with Gasteiger partial charge < -0.3 is 9.84 Å². The molecule has 31 heavy (non-hydrogen) atoms. The van der Waals surface area contributed by atoms with Gasteiger partial charge in [0.25, 0.3) is 0 Å². The van der Waals surface area contributed by atoms with Gasteiger partial charge in [0.2, 0.25) is 0 Å². The Kier molecular flexibility index (Phi) is 16.7. The summed E-state index contributed by atoms with van der Waals surface area (Å²) in [5.74, 6) is -2.11. The van der Waals surface area contributed by atoms with Crippen LogP contribution in [0.15, 0.2) is 0 Å². The second-order valence-electron chi connectivity index (χ2n) is 9.71. The standard InChI is InChI=1S/C27H50O4/c1-3-5-6-7-8-9-10-11-12-13-14-15-16-20-23(19-4-2)31-27(30)25-22-18-17-21-24(25)26(28)29/h23-25H,3-22H2,1-2H3,(H,28,29). The summed E-state index contributed by atoms with van der Waals surface area (Å²) in [6.07, 6.45) is 23.2. The van der Waals surface area contributed by atoms with Crippen LogP contribution in [-0.2, 0) is 14.3 Å². The minimum absolute atomic E-state index is 0.0402. The Morgan fingerprint density at radius 1 is 0.710 bits per heavy atom. The topological polar surface area (TPSA) is 63.6 Å². The number of aliphatic carboxylic acids is 1. The number of ether oxygens (including phenoxy) is 1. The SMILES string of the molecule is CCCCCCCCCCCCCCCC(CCC)OC(=O)C1CCCCC1C(=O)O. The molecule has 0 aromatic heterocycles. The zero-order valence-electron chi connectivity index (χ0n) is 20.5. The summed E-state index contributed by atoms with van der Waals surface area (Å²) < 4.78 is 5.82. The smallest absolute Gasteiger partial charge is 0.310 e. The van der Waals surface area contributed by atoms with E-state index in [9.17, 15) is 14.7 Å². The maximum Gasteiger partial charge on any atom is 0.310 e. The van der Waals surface area contributed by atoms with Crippen molar-refractivity contribution in [2.24, 2.45) is 11.8 Å². The van der Waals surface area contributed by atoms with Gasteiger partial charge in [-0.25, -0.2) is 0 Å². The fraction of sp³-hybridized carbons (Fsp3) is 0.926. The maximum absolute atomic E-state index is 12.6. The van der Waals surface area contributed by atoms with Gasteiger partial charge in [0.15, 0.2) is 0 Å². The molecule has 1 fully saturated rings. The quantitative estimate of drug-likeness (QED) is 0.163. The Hall–Kier alpha value is -1.06. The van der Waals surface area contributed by atoms with E-state index in [-0.39, 0.29) is 12.1 Å². The molecule has 0 aromatic carbocycles. The summed E-state index contributed by atoms with van der Waals surface area (Å²) in [5, 5.41) is 9.42. The van der Waals surface area contributed by atoms with Gasteiger partial charge in [-0.2, -0.15) is 0 Å². The van der Waals surface area contributed by atoms with Crippen LogP contribution in [0.4, 0.5) is 0 Å². The van der Waals surface area contributed by atoms with Crippen LogP contribution < -0.4 is 0 Å². The number of carbonyl (C=O) groups excluding carboxylic acids is 1. The summed E-state index contributed by atoms with van der Waals surface area (Å²) >= 11 is 0. The Morgan fingerprint density at radius 2 is 1.19 bits per heavy atom. The number of carboxylic acid groups (broad SMARTS) is 1. The fourth-order valence-corrected chi connectivity index (χ4v) is 4.93. The third-order valence-electron chi connectivity index (χ3n) is 6.91. The van der Waals surface area contributed by atoms with Gasteiger partial charge in [-0.3, -0.25) is 9.59 Å². The van der Waals surface area contributed by atoms with Crippen molar-refractivity contribution >= 4 is 11.9 Å². The van der Waals surface area contributed by atoms with Crippen LogP contribution in [0.1, 0.15) is 142 Å². The fourth-order valence-electron chi connectivity index (χ4n) is 4.93. The van der Waals surface area contributed by atoms with Gasteiger partial charge >= 0.3 is 11.9 Å². The molecule has 0 amide bonds. The summed E-state index contributed by atoms with van der Waals surface area (Å²) in [7, 11) is 0. The monoisotopic (exact) mass is 438 g/mol. The molecule has 0 aliphatic heterocycles. The highest BCUT2D eigenvalue weighted by atomic mass is 16.5. The first-order chi connectivity index (χ1) is 15.1. The first-order valence-corrected chi connectivity index (χ1v) is 13.5. The molecule has 0 heterocycles. The summed E-state index contributed by atoms with van der Waals surface area (Å²) in [6.45, 7) is 4.38. The lowest BCUT2D eigenvalue weighted by atomic mass is 9.79. The lowest BCUT2D eigenvalue weighted by Crippen LogP contribution is -2.35. The molecule has 182 valence electrons. The van der Waals surface area contributed by atoms with E-state index >= 15 is 0 Å². The van der Waals surface area contributed by atoms with Crippen molar-refractivity contribution in [3.63, 3.8) is 0 Å². The van der Waals surface area contributed by atoms with Crippen molar-refractivity contribution < 1.29 is 19.4 Å². The number of hydrogen-bond donors (Lipinski definition) is 1. The number of carboxylic acids is 1. The van der Waals surface area contributed by atoms with E-state index in [2.05, 4.69) is 13.8 Å². The summed E-state index contributed by atoms with van der Waals surface area (Å²) in [5.41, 5.74) is 0. The highest BCUT2D eigenvalue weighted by Crippen LogP contribution is 2.32. The van der Waals surface area contributed by atoms with Crippen LogP contribution in [0.5, 0.6) is 0 Å². The second kappa shape index (κ2) is 18.5. The number of esters is 1. The van der Waals surface area contributed by atoms with Gasteiger partial charge in [-0.15, -0.1) is 0 Å². The minimum atomic E-state index is -0.842. The molecule has 1 rings (SSSR count). The van der Waals surface area contributed by atoms with Crippen molar-refractivity contribution in [1.82, 2.24) is 0 Å². The first-order valence-electron chi connectivity index (χ1n) is 13.5. The van der Waals surface area contributed by atoms with E-state index in [1.54, 1.807) is 0 Å². The number of rotatable bonds is 19. The van der Waals surface area contributed by atoms with Gasteiger partial charge in [-0.1, -0.05) is 110 Å². The molecule has 1 aliphatic rings. The molecule has 3 atom stereocenters. The maximum atomic E-state index is 12.6. The Labute approximate surface area is 191 Å². The average Bonchev–Trinajstić information content (AvgIpc) is 2.76. The summed E-state index contributed by atoms with van der Waals surface area (Å²) in [6, 6.07) is 0. The normalized spacial score (nSPS) is 19.8. The van der Waals surface area contributed by atoms with E-state index in [1.807, 2.05) is 0 Å². The Bertz CT molecular complexity index is 462. The van der Waals surface area contributed by atoms with E-state index in [0.717, 1.165) is 38.5 Å². The number of hydrogen-bond acceptors (Lipinski definition) is 3. The van der Waals surface area contributed by atoms with Crippen LogP contribution in [0.2, 0.25) is 0 Å². The molecular formula is C27H50O4. The third-order valence-corrected chi connectivity index (χ3v) is 6.91. The summed E-state index contributed by atoms with van der Waals surface area (Å²) in [4.78, 5) is 24.1. The second-order valence-corrected chi connectivity index (χ2v) is 9.71. The predicted molar refractivity (Wildman–Crippen MR) is 128 cm³/mol. The lowest BCUT2D eigenvalue weighted by molar-refractivity contribution is -0.164. The largest absolute Gasteiger partial charge is 0.481 e. The van der Waals surface area contributed by atoms with Crippen molar-refractivity contribution in [2.75, 3.05) is 0 Å². The minimum Gasteiger partial charge on any atom is -0.481 e. The van der Waals surface area contributed by atoms with E-state index in [0.29, 0.717) is 12.8 Å². The molecule has 4 nitrogen and oxygen atoms in total. The van der Waals surface area contributed by atoms with Crippen molar-refractivity contribution in [2.45, 2.75) is 148 Å². The molecule has 1 saturated carbocycles. The van der Waals surface area contributed by atoms with E-state index < -0.39 is 17.8 Å². The molecule has 4 heteroatoms. The molecule has 0 aromatic rings. The highest BCUT2D eigenvalue weighted by molar-refractivity contribution is 5.81. The third kappa shape index (κ3) is 13.2. The zero-order valence-corrected chi connectivity index (χ0v) is 20.5. The average molecular weight is 439 g/mol. The van der Waals surface area contributed by atoms with Crippen LogP contribution in [0.3, 0.4) is 0 Å². The molecule has 1 aliphatic carbocycles. The lowest BCUT2D eigenvalue weighted by Gasteiger charge is -2.28. The van der Waals surface area contributed by atoms with Gasteiger partial charge in [0.05, 0.1) is 11.8 Å². The molecule has 0 radical (unpaired) electrons. The molecule has 0 saturated heterocycles. The molecular weight excluding hydrogens is 388 g/mol. The Morgan fingerprint density at radius 3 is 1.68 bits per heavy atom. The number of carbonyl (C=O) groups is 2. The van der Waals surface area contributed by atoms with Gasteiger partial charge in [0.1, 0.15) is 6.10 Å². The van der Waals surface area contributed by atoms with Gasteiger partial charge in [0, 0.05) is 0 Å². The van der Waals surface area contributed by atoms with Crippen molar-refractivity contribution in [3.8, 4) is 0 Å². The zero-order chi connectivity index (χ0) is 22.7. The Balaban J connectivity index is 2.12. The molecule has 0 bridgehead atoms. The van der Waals surface area contributed by atoms with Gasteiger partial charge in [-0.05, 0) is 32.1 Å². The van der Waals surface area contributed by atoms with Crippen LogP contribution in [-0.4, -0.2) is 23.1 Å². The highest BCUT2D eigenvalue weighted by Gasteiger charge is 2.37. The van der Waals surface area contributed by atoms with E-state index in [1.165, 1.54) is 77.0 Å².